The second kappa shape index (κ2) is 10.5. The van der Waals surface area contributed by atoms with Gasteiger partial charge in [0.2, 0.25) is 5.78 Å². The number of allylic oxidation sites excluding steroid dienone is 2. The van der Waals surface area contributed by atoms with Crippen molar-refractivity contribution in [1.82, 2.24) is 5.32 Å². The Kier molecular flexibility index (Phi) is 7.84. The van der Waals surface area contributed by atoms with Gasteiger partial charge in [-0.2, -0.15) is 0 Å². The molecule has 3 aliphatic carbocycles. The highest BCUT2D eigenvalue weighted by molar-refractivity contribution is 6.28. The van der Waals surface area contributed by atoms with E-state index in [0.717, 1.165) is 64.1 Å². The molecule has 1 spiro atoms. The number of Topliss-reactive ketones (excluding diaryl/α,β-unsaturated/α-hetero) is 1. The SMILES string of the molecule is CC(C)=CC[C@H]1CC[C@]1(C)[C@H]1[C@H](C=O)[C@H](OC(=O)N[C@@H](C(=O)C=O)C2CCCCC2)CC[C@]12CO2. The Morgan fingerprint density at radius 3 is 2.34 bits per heavy atom. The van der Waals surface area contributed by atoms with Crippen LogP contribution in [-0.2, 0) is 23.9 Å². The predicted molar refractivity (Wildman–Crippen MR) is 131 cm³/mol. The number of hydrogen-bond donors (Lipinski definition) is 1. The molecule has 0 unspecified atom stereocenters. The summed E-state index contributed by atoms with van der Waals surface area (Å²) >= 11 is 0. The number of ether oxygens (including phenoxy) is 2. The fourth-order valence-electron chi connectivity index (χ4n) is 7.30. The van der Waals surface area contributed by atoms with Gasteiger partial charge in [0.1, 0.15) is 18.4 Å². The fraction of sp³-hybridized carbons (Fsp3) is 0.786. The number of carbonyl (C=O) groups excluding carboxylic acids is 4. The molecule has 4 fully saturated rings. The topological polar surface area (TPSA) is 102 Å². The Morgan fingerprint density at radius 1 is 1.09 bits per heavy atom. The van der Waals surface area contributed by atoms with Gasteiger partial charge in [0.15, 0.2) is 6.29 Å². The van der Waals surface area contributed by atoms with Crippen molar-refractivity contribution >= 4 is 24.4 Å². The van der Waals surface area contributed by atoms with Gasteiger partial charge in [-0.3, -0.25) is 9.59 Å². The van der Waals surface area contributed by atoms with Crippen LogP contribution < -0.4 is 5.32 Å². The van der Waals surface area contributed by atoms with Crippen LogP contribution in [-0.4, -0.2) is 48.8 Å². The normalized spacial score (nSPS) is 37.5. The van der Waals surface area contributed by atoms with E-state index in [1.807, 2.05) is 0 Å². The van der Waals surface area contributed by atoms with Crippen molar-refractivity contribution in [1.29, 1.82) is 0 Å². The van der Waals surface area contributed by atoms with Crippen molar-refractivity contribution in [2.45, 2.75) is 103 Å². The molecule has 35 heavy (non-hydrogen) atoms. The number of alkyl carbamates (subject to hydrolysis) is 1. The summed E-state index contributed by atoms with van der Waals surface area (Å²) in [6.45, 7) is 7.14. The van der Waals surface area contributed by atoms with Gasteiger partial charge >= 0.3 is 6.09 Å². The molecule has 0 radical (unpaired) electrons. The van der Waals surface area contributed by atoms with Crippen LogP contribution >= 0.6 is 0 Å². The summed E-state index contributed by atoms with van der Waals surface area (Å²) < 4.78 is 11.8. The maximum atomic E-state index is 12.9. The van der Waals surface area contributed by atoms with Crippen LogP contribution in [0.5, 0.6) is 0 Å². The number of ketones is 1. The van der Waals surface area contributed by atoms with E-state index in [1.165, 1.54) is 5.57 Å². The maximum Gasteiger partial charge on any atom is 0.408 e. The van der Waals surface area contributed by atoms with Gasteiger partial charge in [-0.15, -0.1) is 0 Å². The Balaban J connectivity index is 1.47. The molecule has 0 aromatic rings. The third-order valence-corrected chi connectivity index (χ3v) is 9.47. The van der Waals surface area contributed by atoms with Crippen LogP contribution in [0.3, 0.4) is 0 Å². The van der Waals surface area contributed by atoms with Crippen LogP contribution in [0, 0.1) is 29.1 Å². The minimum absolute atomic E-state index is 0.00545. The number of nitrogens with one attached hydrogen (secondary N) is 1. The Bertz CT molecular complexity index is 854. The number of amides is 1. The van der Waals surface area contributed by atoms with Crippen LogP contribution in [0.2, 0.25) is 0 Å². The van der Waals surface area contributed by atoms with E-state index < -0.39 is 29.9 Å². The van der Waals surface area contributed by atoms with Gasteiger partial charge in [0, 0.05) is 5.92 Å². The van der Waals surface area contributed by atoms with Gasteiger partial charge in [-0.1, -0.05) is 37.8 Å². The number of carbonyl (C=O) groups is 4. The lowest BCUT2D eigenvalue weighted by Crippen LogP contribution is -2.58. The van der Waals surface area contributed by atoms with E-state index in [1.54, 1.807) is 0 Å². The molecule has 7 atom stereocenters. The molecule has 4 aliphatic rings. The minimum Gasteiger partial charge on any atom is -0.445 e. The molecule has 194 valence electrons. The molecule has 7 heteroatoms. The van der Waals surface area contributed by atoms with E-state index in [2.05, 4.69) is 32.2 Å². The highest BCUT2D eigenvalue weighted by Crippen LogP contribution is 2.64. The van der Waals surface area contributed by atoms with Crippen molar-refractivity contribution in [3.8, 4) is 0 Å². The molecule has 0 aromatic heterocycles. The number of epoxide rings is 1. The molecule has 1 N–H and O–H groups in total. The summed E-state index contributed by atoms with van der Waals surface area (Å²) in [5, 5.41) is 2.69. The van der Waals surface area contributed by atoms with Gasteiger partial charge in [-0.05, 0) is 76.0 Å². The largest absolute Gasteiger partial charge is 0.445 e. The summed E-state index contributed by atoms with van der Waals surface area (Å²) in [6.07, 6.45) is 11.4. The van der Waals surface area contributed by atoms with Crippen molar-refractivity contribution in [3.05, 3.63) is 11.6 Å². The number of hydrogen-bond acceptors (Lipinski definition) is 6. The van der Waals surface area contributed by atoms with Gasteiger partial charge in [0.05, 0.1) is 18.1 Å². The Morgan fingerprint density at radius 2 is 1.80 bits per heavy atom. The lowest BCUT2D eigenvalue weighted by atomic mass is 9.47. The maximum absolute atomic E-state index is 12.9. The molecular formula is C28H41NO6. The lowest BCUT2D eigenvalue weighted by molar-refractivity contribution is -0.145. The van der Waals surface area contributed by atoms with Gasteiger partial charge in [-0.25, -0.2) is 4.79 Å². The third-order valence-electron chi connectivity index (χ3n) is 9.47. The highest BCUT2D eigenvalue weighted by Gasteiger charge is 2.67. The zero-order valence-corrected chi connectivity index (χ0v) is 21.4. The van der Waals surface area contributed by atoms with E-state index in [-0.39, 0.29) is 22.9 Å². The van der Waals surface area contributed by atoms with Gasteiger partial charge < -0.3 is 19.6 Å². The molecule has 1 amide bonds. The standard InChI is InChI=1S/C28H41NO6/c1-18(2)9-10-20-11-13-27(20,3)25-21(15-30)23(12-14-28(25)17-34-28)35-26(33)29-24(22(32)16-31)19-7-5-4-6-8-19/h9,15-16,19-21,23-25H,4-8,10-14,17H2,1-3H3,(H,29,33)/t20-,21+,23+,24+,25+,27-,28-/m0/s1. The first kappa shape index (κ1) is 26.1. The average Bonchev–Trinajstić information content (AvgIpc) is 3.62. The molecule has 1 saturated heterocycles. The first-order valence-corrected chi connectivity index (χ1v) is 13.4. The van der Waals surface area contributed by atoms with E-state index in [9.17, 15) is 19.2 Å². The summed E-state index contributed by atoms with van der Waals surface area (Å²) in [5.74, 6) is -0.653. The molecule has 3 saturated carbocycles. The predicted octanol–water partition coefficient (Wildman–Crippen LogP) is 4.56. The lowest BCUT2D eigenvalue weighted by Gasteiger charge is -2.57. The van der Waals surface area contributed by atoms with E-state index in [4.69, 9.17) is 9.47 Å². The summed E-state index contributed by atoms with van der Waals surface area (Å²) in [5.41, 5.74) is 0.950. The van der Waals surface area contributed by atoms with Crippen molar-refractivity contribution in [2.75, 3.05) is 6.61 Å². The minimum atomic E-state index is -0.856. The first-order chi connectivity index (χ1) is 16.7. The smallest absolute Gasteiger partial charge is 0.408 e. The molecule has 0 bridgehead atoms. The van der Waals surface area contributed by atoms with Crippen LogP contribution in [0.4, 0.5) is 4.79 Å². The second-order valence-corrected chi connectivity index (χ2v) is 11.8. The molecule has 4 rings (SSSR count). The van der Waals surface area contributed by atoms with Crippen LogP contribution in [0.1, 0.15) is 85.0 Å². The molecule has 0 aromatic carbocycles. The van der Waals surface area contributed by atoms with E-state index in [0.29, 0.717) is 25.2 Å². The first-order valence-electron chi connectivity index (χ1n) is 13.4. The van der Waals surface area contributed by atoms with Crippen molar-refractivity contribution < 1.29 is 28.7 Å². The second-order valence-electron chi connectivity index (χ2n) is 11.8. The average molecular weight is 488 g/mol. The summed E-state index contributed by atoms with van der Waals surface area (Å²) in [7, 11) is 0. The summed E-state index contributed by atoms with van der Waals surface area (Å²) in [4.78, 5) is 49.0. The highest BCUT2D eigenvalue weighted by atomic mass is 16.6. The van der Waals surface area contributed by atoms with Crippen molar-refractivity contribution in [2.24, 2.45) is 29.1 Å². The Labute approximate surface area is 208 Å². The van der Waals surface area contributed by atoms with Crippen LogP contribution in [0.15, 0.2) is 11.6 Å². The van der Waals surface area contributed by atoms with Crippen LogP contribution in [0.25, 0.3) is 0 Å². The number of rotatable bonds is 9. The Hall–Kier alpha value is -2.02. The van der Waals surface area contributed by atoms with E-state index >= 15 is 0 Å². The zero-order valence-electron chi connectivity index (χ0n) is 21.4. The monoisotopic (exact) mass is 487 g/mol. The molecular weight excluding hydrogens is 446 g/mol. The third kappa shape index (κ3) is 5.25. The number of aldehydes is 2. The summed E-state index contributed by atoms with van der Waals surface area (Å²) in [6, 6.07) is -0.856. The molecule has 1 heterocycles. The molecule has 7 nitrogen and oxygen atoms in total. The quantitative estimate of drug-likeness (QED) is 0.221. The zero-order chi connectivity index (χ0) is 25.2. The van der Waals surface area contributed by atoms with Crippen molar-refractivity contribution in [3.63, 3.8) is 0 Å². The fourth-order valence-corrected chi connectivity index (χ4v) is 7.30. The molecule has 1 aliphatic heterocycles. The van der Waals surface area contributed by atoms with Gasteiger partial charge in [0.25, 0.3) is 0 Å².